The molecule has 2 rings (SSSR count). The van der Waals surface area contributed by atoms with Crippen LogP contribution in [-0.2, 0) is 11.2 Å². The van der Waals surface area contributed by atoms with E-state index in [0.717, 1.165) is 38.5 Å². The van der Waals surface area contributed by atoms with Gasteiger partial charge in [0.15, 0.2) is 5.78 Å². The second-order valence-corrected chi connectivity index (χ2v) is 9.56. The molecule has 0 atom stereocenters. The summed E-state index contributed by atoms with van der Waals surface area (Å²) < 4.78 is 7.53. The van der Waals surface area contributed by atoms with Crippen molar-refractivity contribution in [2.45, 2.75) is 52.9 Å². The Morgan fingerprint density at radius 2 is 1.71 bits per heavy atom. The zero-order valence-electron chi connectivity index (χ0n) is 16.9. The largest absolute Gasteiger partial charge is 0.508 e. The quantitative estimate of drug-likeness (QED) is 0.393. The van der Waals surface area contributed by atoms with E-state index in [1.807, 2.05) is 18.2 Å². The number of ketones is 1. The SMILES string of the molecule is CC(C)CCC(=O)COc1cc(Br)c(Cc2ccc(O)c(C(C)C)c2)c(Br)c1. The number of hydrogen-bond acceptors (Lipinski definition) is 3. The molecular weight excluding hydrogens is 484 g/mol. The highest BCUT2D eigenvalue weighted by Crippen LogP contribution is 2.34. The number of carbonyl (C=O) groups excluding carboxylic acids is 1. The Bertz CT molecular complexity index is 806. The van der Waals surface area contributed by atoms with E-state index in [0.29, 0.717) is 23.8 Å². The van der Waals surface area contributed by atoms with E-state index in [9.17, 15) is 9.90 Å². The number of phenols is 1. The van der Waals surface area contributed by atoms with Gasteiger partial charge in [-0.2, -0.15) is 0 Å². The van der Waals surface area contributed by atoms with Gasteiger partial charge in [0.1, 0.15) is 18.1 Å². The number of ether oxygens (including phenoxy) is 1. The summed E-state index contributed by atoms with van der Waals surface area (Å²) >= 11 is 7.26. The van der Waals surface area contributed by atoms with Crippen LogP contribution in [0.25, 0.3) is 0 Å². The number of benzene rings is 2. The van der Waals surface area contributed by atoms with Crippen molar-refractivity contribution in [2.24, 2.45) is 5.92 Å². The number of aromatic hydroxyl groups is 1. The molecule has 152 valence electrons. The highest BCUT2D eigenvalue weighted by molar-refractivity contribution is 9.11. The van der Waals surface area contributed by atoms with Crippen LogP contribution in [0.2, 0.25) is 0 Å². The maximum absolute atomic E-state index is 11.9. The standard InChI is InChI=1S/C23H28Br2O3/c1-14(2)5-7-17(26)13-28-18-11-21(24)20(22(25)12-18)10-16-6-8-23(27)19(9-16)15(3)4/h6,8-9,11-12,14-15,27H,5,7,10,13H2,1-4H3. The fourth-order valence-electron chi connectivity index (χ4n) is 2.90. The molecule has 2 aromatic rings. The summed E-state index contributed by atoms with van der Waals surface area (Å²) in [5.74, 6) is 1.89. The maximum atomic E-state index is 11.9. The van der Waals surface area contributed by atoms with E-state index >= 15 is 0 Å². The molecule has 0 heterocycles. The molecule has 0 spiro atoms. The second kappa shape index (κ2) is 10.4. The summed E-state index contributed by atoms with van der Waals surface area (Å²) in [4.78, 5) is 11.9. The van der Waals surface area contributed by atoms with Crippen LogP contribution in [0.3, 0.4) is 0 Å². The molecule has 2 aromatic carbocycles. The number of Topliss-reactive ketones (excluding diaryl/α,β-unsaturated/α-hetero) is 1. The first-order valence-corrected chi connectivity index (χ1v) is 11.2. The minimum absolute atomic E-state index is 0.0979. The van der Waals surface area contributed by atoms with Gasteiger partial charge in [0.2, 0.25) is 0 Å². The van der Waals surface area contributed by atoms with Crippen LogP contribution in [0.5, 0.6) is 11.5 Å². The van der Waals surface area contributed by atoms with E-state index in [1.165, 1.54) is 0 Å². The molecule has 0 unspecified atom stereocenters. The summed E-state index contributed by atoms with van der Waals surface area (Å²) in [6.45, 7) is 8.46. The molecule has 0 bridgehead atoms. The average molecular weight is 512 g/mol. The summed E-state index contributed by atoms with van der Waals surface area (Å²) in [5, 5.41) is 10.0. The minimum atomic E-state index is 0.0979. The van der Waals surface area contributed by atoms with Gasteiger partial charge in [0, 0.05) is 15.4 Å². The first-order chi connectivity index (χ1) is 13.2. The molecule has 0 fully saturated rings. The van der Waals surface area contributed by atoms with Gasteiger partial charge >= 0.3 is 0 Å². The fraction of sp³-hybridized carbons (Fsp3) is 0.435. The smallest absolute Gasteiger partial charge is 0.170 e. The van der Waals surface area contributed by atoms with Crippen LogP contribution in [0.4, 0.5) is 0 Å². The Balaban J connectivity index is 2.10. The van der Waals surface area contributed by atoms with Crippen LogP contribution < -0.4 is 4.74 Å². The molecule has 5 heteroatoms. The number of carbonyl (C=O) groups is 1. The summed E-state index contributed by atoms with van der Waals surface area (Å²) in [6, 6.07) is 9.56. The van der Waals surface area contributed by atoms with Crippen LogP contribution in [0, 0.1) is 5.92 Å². The third kappa shape index (κ3) is 6.63. The van der Waals surface area contributed by atoms with Gasteiger partial charge in [-0.05, 0) is 59.6 Å². The molecule has 0 saturated carbocycles. The van der Waals surface area contributed by atoms with Gasteiger partial charge < -0.3 is 9.84 Å². The summed E-state index contributed by atoms with van der Waals surface area (Å²) in [6.07, 6.45) is 2.16. The topological polar surface area (TPSA) is 46.5 Å². The Morgan fingerprint density at radius 3 is 2.29 bits per heavy atom. The molecule has 3 nitrogen and oxygen atoms in total. The number of phenolic OH excluding ortho intramolecular Hbond substituents is 1. The highest BCUT2D eigenvalue weighted by atomic mass is 79.9. The highest BCUT2D eigenvalue weighted by Gasteiger charge is 2.13. The van der Waals surface area contributed by atoms with Gasteiger partial charge in [-0.1, -0.05) is 71.7 Å². The lowest BCUT2D eigenvalue weighted by molar-refractivity contribution is -0.121. The molecule has 0 aliphatic heterocycles. The van der Waals surface area contributed by atoms with Gasteiger partial charge in [0.05, 0.1) is 0 Å². The predicted molar refractivity (Wildman–Crippen MR) is 121 cm³/mol. The zero-order chi connectivity index (χ0) is 20.8. The van der Waals surface area contributed by atoms with Crippen molar-refractivity contribution < 1.29 is 14.6 Å². The summed E-state index contributed by atoms with van der Waals surface area (Å²) in [7, 11) is 0. The first kappa shape index (κ1) is 23.0. The van der Waals surface area contributed by atoms with Crippen LogP contribution in [0.15, 0.2) is 39.3 Å². The number of rotatable bonds is 9. The minimum Gasteiger partial charge on any atom is -0.508 e. The zero-order valence-corrected chi connectivity index (χ0v) is 20.1. The first-order valence-electron chi connectivity index (χ1n) is 9.61. The fourth-order valence-corrected chi connectivity index (χ4v) is 4.32. The number of halogens is 2. The Kier molecular flexibility index (Phi) is 8.56. The van der Waals surface area contributed by atoms with Gasteiger partial charge in [-0.15, -0.1) is 0 Å². The lowest BCUT2D eigenvalue weighted by Crippen LogP contribution is -2.12. The van der Waals surface area contributed by atoms with Crippen molar-refractivity contribution >= 4 is 37.6 Å². The lowest BCUT2D eigenvalue weighted by Gasteiger charge is -2.14. The maximum Gasteiger partial charge on any atom is 0.170 e. The molecule has 0 aliphatic rings. The third-order valence-corrected chi connectivity index (χ3v) is 6.02. The van der Waals surface area contributed by atoms with Crippen molar-refractivity contribution in [3.63, 3.8) is 0 Å². The van der Waals surface area contributed by atoms with Crippen LogP contribution in [0.1, 0.15) is 63.1 Å². The lowest BCUT2D eigenvalue weighted by atomic mass is 9.96. The van der Waals surface area contributed by atoms with Crippen molar-refractivity contribution in [2.75, 3.05) is 6.61 Å². The summed E-state index contributed by atoms with van der Waals surface area (Å²) in [5.41, 5.74) is 3.17. The van der Waals surface area contributed by atoms with Crippen LogP contribution in [-0.4, -0.2) is 17.5 Å². The third-order valence-electron chi connectivity index (χ3n) is 4.61. The molecule has 0 amide bonds. The van der Waals surface area contributed by atoms with Crippen LogP contribution >= 0.6 is 31.9 Å². The molecular formula is C23H28Br2O3. The Morgan fingerprint density at radius 1 is 1.07 bits per heavy atom. The molecule has 0 aromatic heterocycles. The van der Waals surface area contributed by atoms with Crippen molar-refractivity contribution in [3.05, 3.63) is 56.0 Å². The van der Waals surface area contributed by atoms with Crippen molar-refractivity contribution in [3.8, 4) is 11.5 Å². The number of hydrogen-bond donors (Lipinski definition) is 1. The van der Waals surface area contributed by atoms with E-state index in [-0.39, 0.29) is 18.3 Å². The van der Waals surface area contributed by atoms with Gasteiger partial charge in [-0.25, -0.2) is 0 Å². The predicted octanol–water partition coefficient (Wildman–Crippen LogP) is 7.02. The second-order valence-electron chi connectivity index (χ2n) is 7.85. The molecule has 0 aliphatic carbocycles. The molecule has 28 heavy (non-hydrogen) atoms. The van der Waals surface area contributed by atoms with E-state index < -0.39 is 0 Å². The molecule has 1 N–H and O–H groups in total. The molecule has 0 saturated heterocycles. The Labute approximate surface area is 184 Å². The monoisotopic (exact) mass is 510 g/mol. The van der Waals surface area contributed by atoms with Crippen molar-refractivity contribution in [1.29, 1.82) is 0 Å². The van der Waals surface area contributed by atoms with Crippen molar-refractivity contribution in [1.82, 2.24) is 0 Å². The van der Waals surface area contributed by atoms with E-state index in [4.69, 9.17) is 4.74 Å². The normalized spacial score (nSPS) is 11.3. The van der Waals surface area contributed by atoms with E-state index in [2.05, 4.69) is 65.6 Å². The molecule has 0 radical (unpaired) electrons. The van der Waals surface area contributed by atoms with E-state index in [1.54, 1.807) is 6.07 Å². The Hall–Kier alpha value is -1.33. The van der Waals surface area contributed by atoms with Gasteiger partial charge in [-0.3, -0.25) is 4.79 Å². The van der Waals surface area contributed by atoms with Gasteiger partial charge in [0.25, 0.3) is 0 Å². The average Bonchev–Trinajstić information content (AvgIpc) is 2.62.